The lowest BCUT2D eigenvalue weighted by atomic mass is 9.93. The maximum absolute atomic E-state index is 12.2. The summed E-state index contributed by atoms with van der Waals surface area (Å²) in [5.41, 5.74) is -0.135. The number of allylic oxidation sites excluding steroid dienone is 1. The first-order valence-corrected chi connectivity index (χ1v) is 7.44. The lowest BCUT2D eigenvalue weighted by molar-refractivity contribution is -0.125. The van der Waals surface area contributed by atoms with Crippen LogP contribution in [0.3, 0.4) is 0 Å². The van der Waals surface area contributed by atoms with Crippen molar-refractivity contribution in [1.82, 2.24) is 10.2 Å². The van der Waals surface area contributed by atoms with E-state index < -0.39 is 11.6 Å². The van der Waals surface area contributed by atoms with Crippen LogP contribution in [0.5, 0.6) is 0 Å². The van der Waals surface area contributed by atoms with Gasteiger partial charge >= 0.3 is 0 Å². The van der Waals surface area contributed by atoms with Gasteiger partial charge < -0.3 is 15.3 Å². The van der Waals surface area contributed by atoms with E-state index in [0.29, 0.717) is 5.82 Å². The van der Waals surface area contributed by atoms with Crippen molar-refractivity contribution in [3.05, 3.63) is 23.5 Å². The fourth-order valence-corrected chi connectivity index (χ4v) is 3.63. The summed E-state index contributed by atoms with van der Waals surface area (Å²) in [6.07, 6.45) is 2.05. The molecule has 0 spiro atoms. The standard InChI is InChI=1S/C14H19BrN2O3/c1-7(2)5-11(19)16-10-6-9(18)14(4)13(20)12(15)8(3)17(10)14/h5-6,8,12-13,20H,1-4H3,(H,16,19)/t8-,12-,13+,14-/m0/s1. The minimum Gasteiger partial charge on any atom is -0.389 e. The Balaban J connectivity index is 2.30. The molecule has 5 nitrogen and oxygen atoms in total. The molecule has 6 heteroatoms. The molecule has 0 saturated carbocycles. The predicted molar refractivity (Wildman–Crippen MR) is 79.1 cm³/mol. The maximum atomic E-state index is 12.2. The smallest absolute Gasteiger partial charge is 0.249 e. The van der Waals surface area contributed by atoms with Crippen molar-refractivity contribution < 1.29 is 14.7 Å². The largest absolute Gasteiger partial charge is 0.389 e. The number of nitrogens with one attached hydrogen (secondary N) is 1. The summed E-state index contributed by atoms with van der Waals surface area (Å²) >= 11 is 3.43. The zero-order valence-electron chi connectivity index (χ0n) is 12.0. The normalized spacial score (nSPS) is 35.7. The maximum Gasteiger partial charge on any atom is 0.249 e. The monoisotopic (exact) mass is 342 g/mol. The molecule has 20 heavy (non-hydrogen) atoms. The topological polar surface area (TPSA) is 69.6 Å². The molecule has 0 radical (unpaired) electrons. The minimum atomic E-state index is -1.01. The van der Waals surface area contributed by atoms with Crippen molar-refractivity contribution in [3.8, 4) is 0 Å². The first-order valence-electron chi connectivity index (χ1n) is 6.53. The summed E-state index contributed by atoms with van der Waals surface area (Å²) in [5.74, 6) is -0.00666. The van der Waals surface area contributed by atoms with Crippen LogP contribution in [0, 0.1) is 0 Å². The van der Waals surface area contributed by atoms with Gasteiger partial charge in [0, 0.05) is 18.2 Å². The molecule has 1 saturated heterocycles. The van der Waals surface area contributed by atoms with E-state index in [0.717, 1.165) is 5.57 Å². The molecule has 0 unspecified atom stereocenters. The van der Waals surface area contributed by atoms with Gasteiger partial charge in [-0.2, -0.15) is 0 Å². The number of hydrogen-bond acceptors (Lipinski definition) is 4. The summed E-state index contributed by atoms with van der Waals surface area (Å²) in [5, 5.41) is 13.0. The van der Waals surface area contributed by atoms with E-state index in [1.54, 1.807) is 11.8 Å². The van der Waals surface area contributed by atoms with Crippen LogP contribution in [0.25, 0.3) is 0 Å². The highest BCUT2D eigenvalue weighted by molar-refractivity contribution is 9.09. The van der Waals surface area contributed by atoms with Gasteiger partial charge in [0.25, 0.3) is 0 Å². The van der Waals surface area contributed by atoms with Crippen molar-refractivity contribution >= 4 is 27.6 Å². The number of nitrogens with zero attached hydrogens (tertiary/aromatic N) is 1. The second-order valence-corrected chi connectivity index (χ2v) is 6.81. The highest BCUT2D eigenvalue weighted by atomic mass is 79.9. The SMILES string of the molecule is CC(C)=CC(=O)NC1=CC(=O)[C@@]2(C)[C@H](O)[C@@H](Br)[C@H](C)N12. The van der Waals surface area contributed by atoms with Gasteiger partial charge in [0.1, 0.15) is 11.4 Å². The van der Waals surface area contributed by atoms with E-state index in [2.05, 4.69) is 21.2 Å². The summed E-state index contributed by atoms with van der Waals surface area (Å²) in [6.45, 7) is 7.27. The Kier molecular flexibility index (Phi) is 3.81. The first-order chi connectivity index (χ1) is 9.19. The third kappa shape index (κ3) is 2.11. The summed E-state index contributed by atoms with van der Waals surface area (Å²) in [6, 6.07) is -0.0975. The van der Waals surface area contributed by atoms with E-state index in [1.807, 2.05) is 20.8 Å². The molecule has 0 aromatic heterocycles. The number of carbonyl (C=O) groups excluding carboxylic acids is 2. The van der Waals surface area contributed by atoms with Gasteiger partial charge in [-0.25, -0.2) is 0 Å². The number of carbonyl (C=O) groups is 2. The number of fused-ring (bicyclic) bond motifs is 1. The van der Waals surface area contributed by atoms with Gasteiger partial charge in [0.05, 0.1) is 10.9 Å². The predicted octanol–water partition coefficient (Wildman–Crippen LogP) is 1.08. The Morgan fingerprint density at radius 2 is 2.15 bits per heavy atom. The van der Waals surface area contributed by atoms with Crippen molar-refractivity contribution in [1.29, 1.82) is 0 Å². The lowest BCUT2D eigenvalue weighted by Crippen LogP contribution is -2.52. The van der Waals surface area contributed by atoms with Crippen LogP contribution in [-0.2, 0) is 9.59 Å². The molecule has 4 atom stereocenters. The fourth-order valence-electron chi connectivity index (χ4n) is 2.88. The van der Waals surface area contributed by atoms with Crippen molar-refractivity contribution in [2.24, 2.45) is 0 Å². The summed E-state index contributed by atoms with van der Waals surface area (Å²) in [4.78, 5) is 25.6. The molecule has 110 valence electrons. The number of aliphatic hydroxyl groups is 1. The highest BCUT2D eigenvalue weighted by Gasteiger charge is 2.60. The second kappa shape index (κ2) is 5.00. The molecule has 2 heterocycles. The van der Waals surface area contributed by atoms with Crippen LogP contribution < -0.4 is 5.32 Å². The minimum absolute atomic E-state index is 0.0975. The number of aliphatic hydroxyl groups excluding tert-OH is 1. The highest BCUT2D eigenvalue weighted by Crippen LogP contribution is 2.44. The third-order valence-electron chi connectivity index (χ3n) is 3.94. The second-order valence-electron chi connectivity index (χ2n) is 5.75. The molecule has 0 aromatic rings. The molecule has 2 aliphatic heterocycles. The van der Waals surface area contributed by atoms with Gasteiger partial charge in [-0.15, -0.1) is 0 Å². The van der Waals surface area contributed by atoms with Crippen LogP contribution in [0.2, 0.25) is 0 Å². The number of amides is 1. The van der Waals surface area contributed by atoms with Gasteiger partial charge in [-0.3, -0.25) is 9.59 Å². The average molecular weight is 343 g/mol. The number of alkyl halides is 1. The van der Waals surface area contributed by atoms with Gasteiger partial charge in [-0.1, -0.05) is 21.5 Å². The Bertz CT molecular complexity index is 525. The van der Waals surface area contributed by atoms with E-state index >= 15 is 0 Å². The molecule has 1 fully saturated rings. The zero-order chi connectivity index (χ0) is 15.2. The van der Waals surface area contributed by atoms with Crippen LogP contribution >= 0.6 is 15.9 Å². The number of hydrogen-bond donors (Lipinski definition) is 2. The zero-order valence-corrected chi connectivity index (χ0v) is 13.6. The van der Waals surface area contributed by atoms with Crippen LogP contribution in [-0.4, -0.2) is 44.2 Å². The van der Waals surface area contributed by atoms with Crippen molar-refractivity contribution in [2.75, 3.05) is 0 Å². The van der Waals surface area contributed by atoms with Crippen molar-refractivity contribution in [3.63, 3.8) is 0 Å². The van der Waals surface area contributed by atoms with E-state index in [1.165, 1.54) is 12.2 Å². The van der Waals surface area contributed by atoms with E-state index in [-0.39, 0.29) is 22.6 Å². The van der Waals surface area contributed by atoms with Crippen LogP contribution in [0.15, 0.2) is 23.5 Å². The van der Waals surface area contributed by atoms with E-state index in [4.69, 9.17) is 0 Å². The first kappa shape index (κ1) is 15.3. The molecule has 2 rings (SSSR count). The quantitative estimate of drug-likeness (QED) is 0.582. The molecule has 0 aliphatic carbocycles. The molecular weight excluding hydrogens is 324 g/mol. The molecule has 0 aromatic carbocycles. The fraction of sp³-hybridized carbons (Fsp3) is 0.571. The molecule has 2 N–H and O–H groups in total. The van der Waals surface area contributed by atoms with Crippen LogP contribution in [0.1, 0.15) is 27.7 Å². The Hall–Kier alpha value is -1.14. The molecule has 2 aliphatic rings. The summed E-state index contributed by atoms with van der Waals surface area (Å²) in [7, 11) is 0. The van der Waals surface area contributed by atoms with E-state index in [9.17, 15) is 14.7 Å². The number of rotatable bonds is 2. The number of ketones is 1. The van der Waals surface area contributed by atoms with Gasteiger partial charge in [-0.05, 0) is 27.7 Å². The molecular formula is C14H19BrN2O3. The third-order valence-corrected chi connectivity index (χ3v) is 5.21. The molecule has 1 amide bonds. The average Bonchev–Trinajstić information content (AvgIpc) is 2.66. The Morgan fingerprint density at radius 3 is 2.70 bits per heavy atom. The molecule has 0 bridgehead atoms. The summed E-state index contributed by atoms with van der Waals surface area (Å²) < 4.78 is 0. The van der Waals surface area contributed by atoms with Gasteiger partial charge in [0.15, 0.2) is 5.78 Å². The van der Waals surface area contributed by atoms with Crippen LogP contribution in [0.4, 0.5) is 0 Å². The van der Waals surface area contributed by atoms with Gasteiger partial charge in [0.2, 0.25) is 5.91 Å². The lowest BCUT2D eigenvalue weighted by Gasteiger charge is -2.34. The number of halogens is 1. The Morgan fingerprint density at radius 1 is 1.55 bits per heavy atom. The Labute approximate surface area is 126 Å². The van der Waals surface area contributed by atoms with Crippen molar-refractivity contribution in [2.45, 2.75) is 50.2 Å².